The van der Waals surface area contributed by atoms with E-state index in [2.05, 4.69) is 20.5 Å². The maximum atomic E-state index is 11.9. The van der Waals surface area contributed by atoms with E-state index < -0.39 is 0 Å². The SMILES string of the molecule is Cc1cc2nnc(SCC(=O)NC3CCCC3)n2c(N)n1. The molecule has 3 rings (SSSR count). The normalized spacial score (nSPS) is 15.7. The number of nitrogens with zero attached hydrogens (tertiary/aromatic N) is 4. The van der Waals surface area contributed by atoms with E-state index in [0.717, 1.165) is 18.5 Å². The number of carbonyl (C=O) groups excluding carboxylic acids is 1. The van der Waals surface area contributed by atoms with Crippen LogP contribution in [0.2, 0.25) is 0 Å². The molecule has 0 radical (unpaired) electrons. The summed E-state index contributed by atoms with van der Waals surface area (Å²) in [5, 5.41) is 11.8. The van der Waals surface area contributed by atoms with Crippen molar-refractivity contribution in [2.75, 3.05) is 11.5 Å². The molecule has 1 aliphatic rings. The second kappa shape index (κ2) is 5.88. The van der Waals surface area contributed by atoms with Crippen LogP contribution in [0.25, 0.3) is 5.65 Å². The molecule has 2 aromatic rings. The molecule has 2 aromatic heterocycles. The zero-order chi connectivity index (χ0) is 14.8. The summed E-state index contributed by atoms with van der Waals surface area (Å²) < 4.78 is 1.67. The molecule has 0 unspecified atom stereocenters. The fraction of sp³-hybridized carbons (Fsp3) is 0.538. The highest BCUT2D eigenvalue weighted by atomic mass is 32.2. The third kappa shape index (κ3) is 3.10. The standard InChI is InChI=1S/C13H18N6OS/c1-8-6-10-17-18-13(19(10)12(14)15-8)21-7-11(20)16-9-4-2-3-5-9/h6,9H,2-5,7H2,1H3,(H2,14,15)(H,16,20). The van der Waals surface area contributed by atoms with E-state index in [1.807, 2.05) is 13.0 Å². The first-order valence-corrected chi connectivity index (χ1v) is 8.02. The Bertz CT molecular complexity index is 664. The van der Waals surface area contributed by atoms with Gasteiger partial charge in [0.05, 0.1) is 5.75 Å². The number of aryl methyl sites for hydroxylation is 1. The number of aromatic nitrogens is 4. The third-order valence-corrected chi connectivity index (χ3v) is 4.50. The van der Waals surface area contributed by atoms with E-state index in [9.17, 15) is 4.79 Å². The number of rotatable bonds is 4. The number of fused-ring (bicyclic) bond motifs is 1. The van der Waals surface area contributed by atoms with Crippen molar-refractivity contribution in [1.82, 2.24) is 24.9 Å². The van der Waals surface area contributed by atoms with Crippen LogP contribution in [-0.2, 0) is 4.79 Å². The summed E-state index contributed by atoms with van der Waals surface area (Å²) in [6.45, 7) is 1.85. The van der Waals surface area contributed by atoms with Gasteiger partial charge in [-0.1, -0.05) is 24.6 Å². The number of anilines is 1. The van der Waals surface area contributed by atoms with Gasteiger partial charge >= 0.3 is 0 Å². The monoisotopic (exact) mass is 306 g/mol. The van der Waals surface area contributed by atoms with Gasteiger partial charge < -0.3 is 11.1 Å². The number of thioether (sulfide) groups is 1. The number of nitrogens with one attached hydrogen (secondary N) is 1. The average molecular weight is 306 g/mol. The predicted octanol–water partition coefficient (Wildman–Crippen LogP) is 1.17. The molecule has 1 aliphatic carbocycles. The number of hydrogen-bond donors (Lipinski definition) is 2. The lowest BCUT2D eigenvalue weighted by Crippen LogP contribution is -2.33. The zero-order valence-corrected chi connectivity index (χ0v) is 12.7. The first-order valence-electron chi connectivity index (χ1n) is 7.04. The molecule has 2 heterocycles. The van der Waals surface area contributed by atoms with Crippen molar-refractivity contribution in [3.8, 4) is 0 Å². The highest BCUT2D eigenvalue weighted by molar-refractivity contribution is 7.99. The van der Waals surface area contributed by atoms with Crippen molar-refractivity contribution in [3.05, 3.63) is 11.8 Å². The van der Waals surface area contributed by atoms with Crippen molar-refractivity contribution in [1.29, 1.82) is 0 Å². The zero-order valence-electron chi connectivity index (χ0n) is 11.9. The second-order valence-electron chi connectivity index (χ2n) is 5.27. The number of hydrogen-bond acceptors (Lipinski definition) is 6. The summed E-state index contributed by atoms with van der Waals surface area (Å²) in [4.78, 5) is 16.1. The van der Waals surface area contributed by atoms with Gasteiger partial charge in [-0.05, 0) is 19.8 Å². The van der Waals surface area contributed by atoms with Gasteiger partial charge in [0.1, 0.15) is 0 Å². The van der Waals surface area contributed by atoms with Crippen LogP contribution in [0.4, 0.5) is 5.95 Å². The van der Waals surface area contributed by atoms with Crippen LogP contribution in [0.1, 0.15) is 31.4 Å². The van der Waals surface area contributed by atoms with E-state index in [4.69, 9.17) is 5.73 Å². The Balaban J connectivity index is 1.66. The first-order chi connectivity index (χ1) is 10.1. The summed E-state index contributed by atoms with van der Waals surface area (Å²) in [6.07, 6.45) is 4.57. The van der Waals surface area contributed by atoms with Gasteiger partial charge in [0.2, 0.25) is 11.9 Å². The van der Waals surface area contributed by atoms with Crippen LogP contribution in [0.15, 0.2) is 11.2 Å². The third-order valence-electron chi connectivity index (χ3n) is 3.57. The summed E-state index contributed by atoms with van der Waals surface area (Å²) >= 11 is 1.33. The summed E-state index contributed by atoms with van der Waals surface area (Å²) in [6, 6.07) is 2.15. The molecule has 21 heavy (non-hydrogen) atoms. The lowest BCUT2D eigenvalue weighted by atomic mass is 10.2. The fourth-order valence-electron chi connectivity index (χ4n) is 2.60. The fourth-order valence-corrected chi connectivity index (χ4v) is 3.36. The number of nitrogen functional groups attached to an aromatic ring is 1. The molecule has 112 valence electrons. The highest BCUT2D eigenvalue weighted by Gasteiger charge is 2.18. The molecule has 0 bridgehead atoms. The van der Waals surface area contributed by atoms with Crippen molar-refractivity contribution in [3.63, 3.8) is 0 Å². The van der Waals surface area contributed by atoms with E-state index in [1.54, 1.807) is 4.40 Å². The minimum Gasteiger partial charge on any atom is -0.369 e. The Morgan fingerprint density at radius 2 is 2.24 bits per heavy atom. The van der Waals surface area contributed by atoms with Crippen LogP contribution < -0.4 is 11.1 Å². The quantitative estimate of drug-likeness (QED) is 0.823. The van der Waals surface area contributed by atoms with Crippen molar-refractivity contribution in [2.45, 2.75) is 43.8 Å². The average Bonchev–Trinajstić information content (AvgIpc) is 3.05. The molecular weight excluding hydrogens is 288 g/mol. The molecule has 0 aromatic carbocycles. The van der Waals surface area contributed by atoms with E-state index >= 15 is 0 Å². The van der Waals surface area contributed by atoms with Gasteiger partial charge in [-0.15, -0.1) is 10.2 Å². The number of amides is 1. The van der Waals surface area contributed by atoms with Crippen molar-refractivity contribution >= 4 is 29.3 Å². The topological polar surface area (TPSA) is 98.2 Å². The van der Waals surface area contributed by atoms with Gasteiger partial charge in [-0.25, -0.2) is 9.38 Å². The number of nitrogens with two attached hydrogens (primary N) is 1. The largest absolute Gasteiger partial charge is 0.369 e. The Morgan fingerprint density at radius 1 is 1.48 bits per heavy atom. The first kappa shape index (κ1) is 14.1. The Morgan fingerprint density at radius 3 is 3.00 bits per heavy atom. The molecular formula is C13H18N6OS. The van der Waals surface area contributed by atoms with Gasteiger partial charge in [0, 0.05) is 17.8 Å². The van der Waals surface area contributed by atoms with Crippen LogP contribution >= 0.6 is 11.8 Å². The van der Waals surface area contributed by atoms with Crippen LogP contribution in [-0.4, -0.2) is 37.3 Å². The molecule has 1 saturated carbocycles. The van der Waals surface area contributed by atoms with Crippen molar-refractivity contribution in [2.24, 2.45) is 0 Å². The van der Waals surface area contributed by atoms with E-state index in [0.29, 0.717) is 28.5 Å². The van der Waals surface area contributed by atoms with Crippen LogP contribution in [0.5, 0.6) is 0 Å². The lowest BCUT2D eigenvalue weighted by Gasteiger charge is -2.11. The van der Waals surface area contributed by atoms with Gasteiger partial charge in [0.15, 0.2) is 10.8 Å². The molecule has 0 spiro atoms. The Labute approximate surface area is 126 Å². The molecule has 1 fully saturated rings. The molecule has 3 N–H and O–H groups in total. The Hall–Kier alpha value is -1.83. The molecule has 1 amide bonds. The van der Waals surface area contributed by atoms with E-state index in [-0.39, 0.29) is 5.91 Å². The summed E-state index contributed by atoms with van der Waals surface area (Å²) in [5.41, 5.74) is 7.34. The minimum absolute atomic E-state index is 0.0299. The number of carbonyl (C=O) groups is 1. The molecule has 7 nitrogen and oxygen atoms in total. The predicted molar refractivity (Wildman–Crippen MR) is 81.1 cm³/mol. The maximum absolute atomic E-state index is 11.9. The summed E-state index contributed by atoms with van der Waals surface area (Å²) in [5.74, 6) is 0.681. The van der Waals surface area contributed by atoms with Gasteiger partial charge in [-0.2, -0.15) is 0 Å². The highest BCUT2D eigenvalue weighted by Crippen LogP contribution is 2.21. The minimum atomic E-state index is 0.0299. The molecule has 8 heteroatoms. The van der Waals surface area contributed by atoms with Gasteiger partial charge in [0.25, 0.3) is 0 Å². The lowest BCUT2D eigenvalue weighted by molar-refractivity contribution is -0.119. The Kier molecular flexibility index (Phi) is 3.96. The summed E-state index contributed by atoms with van der Waals surface area (Å²) in [7, 11) is 0. The van der Waals surface area contributed by atoms with E-state index in [1.165, 1.54) is 24.6 Å². The smallest absolute Gasteiger partial charge is 0.230 e. The van der Waals surface area contributed by atoms with Gasteiger partial charge in [-0.3, -0.25) is 4.79 Å². The van der Waals surface area contributed by atoms with Crippen LogP contribution in [0, 0.1) is 6.92 Å². The second-order valence-corrected chi connectivity index (χ2v) is 6.21. The molecule has 0 aliphatic heterocycles. The maximum Gasteiger partial charge on any atom is 0.230 e. The molecule has 0 atom stereocenters. The van der Waals surface area contributed by atoms with Crippen molar-refractivity contribution < 1.29 is 4.79 Å². The molecule has 0 saturated heterocycles. The van der Waals surface area contributed by atoms with Crippen LogP contribution in [0.3, 0.4) is 0 Å².